The number of hydrogen-bond acceptors (Lipinski definition) is 4. The molecule has 4 aliphatic rings. The van der Waals surface area contributed by atoms with E-state index in [4.69, 9.17) is 0 Å². The van der Waals surface area contributed by atoms with Gasteiger partial charge in [-0.2, -0.15) is 0 Å². The highest BCUT2D eigenvalue weighted by Gasteiger charge is 2.54. The van der Waals surface area contributed by atoms with Crippen LogP contribution in [0.3, 0.4) is 0 Å². The van der Waals surface area contributed by atoms with Crippen LogP contribution in [0.2, 0.25) is 0 Å². The molecule has 4 aliphatic heterocycles. The van der Waals surface area contributed by atoms with Gasteiger partial charge in [-0.25, -0.2) is 13.8 Å². The molecule has 2 amide bonds. The van der Waals surface area contributed by atoms with Crippen molar-refractivity contribution in [2.75, 3.05) is 26.2 Å². The third-order valence-corrected chi connectivity index (χ3v) is 7.44. The minimum atomic E-state index is -2.82. The van der Waals surface area contributed by atoms with Crippen molar-refractivity contribution in [3.05, 3.63) is 18.2 Å². The molecule has 9 heteroatoms. The van der Waals surface area contributed by atoms with Crippen molar-refractivity contribution in [3.8, 4) is 0 Å². The van der Waals surface area contributed by atoms with Crippen LogP contribution in [-0.4, -0.2) is 80.3 Å². The standard InChI is InChI=1S/C21H29F2N5O2/c1-25-8-6-24-17(25)12-26-10-14-9-15(11-26)19(28-16(14)3-2-4-18(28)29)20(30)27-7-5-21(22,23)13-27/h6,8,14-16,19H,2-5,7,9-13H2,1H3/t14-,15+,16-,19+/m0/s1. The summed E-state index contributed by atoms with van der Waals surface area (Å²) in [6.07, 6.45) is 6.46. The van der Waals surface area contributed by atoms with Crippen LogP contribution < -0.4 is 0 Å². The van der Waals surface area contributed by atoms with E-state index in [1.807, 2.05) is 17.8 Å². The van der Waals surface area contributed by atoms with Crippen LogP contribution >= 0.6 is 0 Å². The third kappa shape index (κ3) is 3.40. The summed E-state index contributed by atoms with van der Waals surface area (Å²) in [5.74, 6) is -1.83. The van der Waals surface area contributed by atoms with E-state index in [0.717, 1.165) is 31.6 Å². The minimum absolute atomic E-state index is 0.0165. The predicted octanol–water partition coefficient (Wildman–Crippen LogP) is 1.49. The summed E-state index contributed by atoms with van der Waals surface area (Å²) < 4.78 is 29.6. The number of nitrogens with zero attached hydrogens (tertiary/aromatic N) is 5. The second-order valence-electron chi connectivity index (χ2n) is 9.48. The molecule has 0 aromatic carbocycles. The maximum absolute atomic E-state index is 13.8. The highest BCUT2D eigenvalue weighted by molar-refractivity contribution is 5.89. The van der Waals surface area contributed by atoms with E-state index < -0.39 is 18.5 Å². The van der Waals surface area contributed by atoms with Crippen molar-refractivity contribution in [1.82, 2.24) is 24.3 Å². The summed E-state index contributed by atoms with van der Waals surface area (Å²) in [7, 11) is 1.97. The monoisotopic (exact) mass is 421 g/mol. The zero-order chi connectivity index (χ0) is 21.0. The van der Waals surface area contributed by atoms with Gasteiger partial charge in [0.2, 0.25) is 11.8 Å². The second kappa shape index (κ2) is 7.28. The van der Waals surface area contributed by atoms with E-state index in [1.54, 1.807) is 11.1 Å². The minimum Gasteiger partial charge on any atom is -0.337 e. The fourth-order valence-corrected chi connectivity index (χ4v) is 6.06. The number of piperidine rings is 3. The average molecular weight is 421 g/mol. The molecule has 4 saturated heterocycles. The molecule has 0 unspecified atom stereocenters. The fraction of sp³-hybridized carbons (Fsp3) is 0.762. The summed E-state index contributed by atoms with van der Waals surface area (Å²) in [6.45, 7) is 1.80. The van der Waals surface area contributed by atoms with Crippen molar-refractivity contribution in [2.45, 2.75) is 56.7 Å². The van der Waals surface area contributed by atoms with E-state index >= 15 is 0 Å². The van der Waals surface area contributed by atoms with Crippen LogP contribution in [-0.2, 0) is 23.2 Å². The molecule has 5 heterocycles. The van der Waals surface area contributed by atoms with E-state index in [1.165, 1.54) is 4.90 Å². The predicted molar refractivity (Wildman–Crippen MR) is 104 cm³/mol. The fourth-order valence-electron chi connectivity index (χ4n) is 6.06. The van der Waals surface area contributed by atoms with Crippen LogP contribution in [0.15, 0.2) is 12.4 Å². The second-order valence-corrected chi connectivity index (χ2v) is 9.48. The number of amides is 2. The Balaban J connectivity index is 1.41. The molecule has 0 saturated carbocycles. The highest BCUT2D eigenvalue weighted by atomic mass is 19.3. The van der Waals surface area contributed by atoms with Gasteiger partial charge in [-0.05, 0) is 25.2 Å². The summed E-state index contributed by atoms with van der Waals surface area (Å²) in [5.41, 5.74) is 0. The van der Waals surface area contributed by atoms with Gasteiger partial charge in [-0.15, -0.1) is 0 Å². The molecule has 0 spiro atoms. The zero-order valence-electron chi connectivity index (χ0n) is 17.3. The Morgan fingerprint density at radius 3 is 2.80 bits per heavy atom. The number of imidazole rings is 1. The zero-order valence-corrected chi connectivity index (χ0v) is 17.3. The lowest BCUT2D eigenvalue weighted by atomic mass is 9.71. The first kappa shape index (κ1) is 19.9. The maximum Gasteiger partial charge on any atom is 0.267 e. The number of carbonyl (C=O) groups is 2. The summed E-state index contributed by atoms with van der Waals surface area (Å²) in [6, 6.07) is -0.583. The van der Waals surface area contributed by atoms with E-state index in [2.05, 4.69) is 9.88 Å². The first-order chi connectivity index (χ1) is 14.3. The Morgan fingerprint density at radius 2 is 2.10 bits per heavy atom. The number of fused-ring (bicyclic) bond motifs is 4. The first-order valence-electron chi connectivity index (χ1n) is 11.0. The number of alkyl halides is 2. The molecule has 1 aromatic rings. The van der Waals surface area contributed by atoms with Gasteiger partial charge in [0.25, 0.3) is 5.92 Å². The number of hydrogen-bond donors (Lipinski definition) is 0. The Morgan fingerprint density at radius 1 is 1.30 bits per heavy atom. The summed E-state index contributed by atoms with van der Waals surface area (Å²) >= 11 is 0. The van der Waals surface area contributed by atoms with Crippen LogP contribution in [0.1, 0.15) is 37.9 Å². The maximum atomic E-state index is 13.8. The molecule has 2 bridgehead atoms. The van der Waals surface area contributed by atoms with Gasteiger partial charge in [0.1, 0.15) is 11.9 Å². The Kier molecular flexibility index (Phi) is 4.83. The molecule has 7 nitrogen and oxygen atoms in total. The van der Waals surface area contributed by atoms with E-state index in [9.17, 15) is 18.4 Å². The number of halogens is 2. The van der Waals surface area contributed by atoms with Crippen molar-refractivity contribution >= 4 is 11.8 Å². The van der Waals surface area contributed by atoms with Crippen LogP contribution in [0.25, 0.3) is 0 Å². The van der Waals surface area contributed by atoms with Gasteiger partial charge in [0.05, 0.1) is 13.1 Å². The molecule has 4 fully saturated rings. The quantitative estimate of drug-likeness (QED) is 0.742. The first-order valence-corrected chi connectivity index (χ1v) is 11.0. The third-order valence-electron chi connectivity index (χ3n) is 7.44. The van der Waals surface area contributed by atoms with Crippen LogP contribution in [0.4, 0.5) is 8.78 Å². The lowest BCUT2D eigenvalue weighted by molar-refractivity contribution is -0.165. The topological polar surface area (TPSA) is 61.7 Å². The number of likely N-dealkylation sites (tertiary alicyclic amines) is 2. The van der Waals surface area contributed by atoms with Crippen molar-refractivity contribution in [3.63, 3.8) is 0 Å². The van der Waals surface area contributed by atoms with Gasteiger partial charge in [-0.3, -0.25) is 14.5 Å². The number of rotatable bonds is 3. The number of aryl methyl sites for hydroxylation is 1. The van der Waals surface area contributed by atoms with Crippen molar-refractivity contribution in [1.29, 1.82) is 0 Å². The molecule has 0 radical (unpaired) electrons. The van der Waals surface area contributed by atoms with Gasteiger partial charge in [0.15, 0.2) is 0 Å². The lowest BCUT2D eigenvalue weighted by Gasteiger charge is -2.56. The van der Waals surface area contributed by atoms with Gasteiger partial charge in [0, 0.05) is 63.9 Å². The highest BCUT2D eigenvalue weighted by Crippen LogP contribution is 2.43. The summed E-state index contributed by atoms with van der Waals surface area (Å²) in [5, 5.41) is 0. The van der Waals surface area contributed by atoms with Gasteiger partial charge >= 0.3 is 0 Å². The normalized spacial score (nSPS) is 33.6. The molecule has 30 heavy (non-hydrogen) atoms. The molecule has 164 valence electrons. The number of carbonyl (C=O) groups excluding carboxylic acids is 2. The molecular formula is C21H29F2N5O2. The Labute approximate surface area is 175 Å². The van der Waals surface area contributed by atoms with Gasteiger partial charge in [-0.1, -0.05) is 0 Å². The SMILES string of the molecule is Cn1ccnc1CN1C[C@@H]2C[C@H](C1)[C@H](C(=O)N1CCC(F)(F)C1)N1C(=O)CCC[C@@H]21. The molecule has 1 aromatic heterocycles. The van der Waals surface area contributed by atoms with Crippen LogP contribution in [0, 0.1) is 11.8 Å². The molecule has 0 aliphatic carbocycles. The van der Waals surface area contributed by atoms with Crippen molar-refractivity contribution in [2.24, 2.45) is 18.9 Å². The Hall–Kier alpha value is -2.03. The largest absolute Gasteiger partial charge is 0.337 e. The summed E-state index contributed by atoms with van der Waals surface area (Å²) in [4.78, 5) is 36.2. The molecule has 5 rings (SSSR count). The van der Waals surface area contributed by atoms with Gasteiger partial charge < -0.3 is 14.4 Å². The lowest BCUT2D eigenvalue weighted by Crippen LogP contribution is -2.68. The van der Waals surface area contributed by atoms with E-state index in [-0.39, 0.29) is 36.7 Å². The van der Waals surface area contributed by atoms with Crippen LogP contribution in [0.5, 0.6) is 0 Å². The molecule has 0 N–H and O–H groups in total. The average Bonchev–Trinajstić information content (AvgIpc) is 3.27. The van der Waals surface area contributed by atoms with Crippen molar-refractivity contribution < 1.29 is 18.4 Å². The Bertz CT molecular complexity index is 843. The molecule has 4 atom stereocenters. The molecular weight excluding hydrogens is 392 g/mol. The van der Waals surface area contributed by atoms with E-state index in [0.29, 0.717) is 25.4 Å². The smallest absolute Gasteiger partial charge is 0.267 e. The number of aromatic nitrogens is 2.